The number of para-hydroxylation sites is 1. The van der Waals surface area contributed by atoms with Crippen molar-refractivity contribution in [3.8, 4) is 6.07 Å². The predicted octanol–water partition coefficient (Wildman–Crippen LogP) is 5.43. The molecular weight excluding hydrogens is 326 g/mol. The lowest BCUT2D eigenvalue weighted by molar-refractivity contribution is 0.108. The Kier molecular flexibility index (Phi) is 6.46. The Hall–Kier alpha value is -1.60. The number of hydrogen-bond donors (Lipinski definition) is 1. The summed E-state index contributed by atoms with van der Waals surface area (Å²) in [5.74, 6) is 0.682. The van der Waals surface area contributed by atoms with Crippen molar-refractivity contribution in [2.75, 3.05) is 11.9 Å². The smallest absolute Gasteiger partial charge is 0.173 e. The molecule has 1 N–H and O–H groups in total. The molecule has 1 aromatic carbocycles. The van der Waals surface area contributed by atoms with Crippen molar-refractivity contribution in [2.45, 2.75) is 66.3 Å². The summed E-state index contributed by atoms with van der Waals surface area (Å²) in [5.41, 5.74) is 3.80. The molecule has 1 aromatic rings. The van der Waals surface area contributed by atoms with Gasteiger partial charge in [0.15, 0.2) is 5.11 Å². The third-order valence-corrected chi connectivity index (χ3v) is 5.58. The summed E-state index contributed by atoms with van der Waals surface area (Å²) in [6, 6.07) is 8.95. The highest BCUT2D eigenvalue weighted by molar-refractivity contribution is 7.80. The number of nitriles is 1. The zero-order valence-corrected chi connectivity index (χ0v) is 17.0. The van der Waals surface area contributed by atoms with E-state index in [0.29, 0.717) is 30.3 Å². The van der Waals surface area contributed by atoms with Crippen LogP contribution in [0.15, 0.2) is 18.2 Å². The fourth-order valence-corrected chi connectivity index (χ4v) is 4.69. The van der Waals surface area contributed by atoms with Gasteiger partial charge in [0.25, 0.3) is 0 Å². The summed E-state index contributed by atoms with van der Waals surface area (Å²) in [4.78, 5) is 2.27. The molecule has 25 heavy (non-hydrogen) atoms. The Morgan fingerprint density at radius 1 is 1.32 bits per heavy atom. The van der Waals surface area contributed by atoms with E-state index in [2.05, 4.69) is 69.1 Å². The van der Waals surface area contributed by atoms with Crippen LogP contribution in [0.2, 0.25) is 0 Å². The minimum Gasteiger partial charge on any atom is -0.345 e. The molecule has 1 saturated carbocycles. The van der Waals surface area contributed by atoms with E-state index >= 15 is 0 Å². The fourth-order valence-electron chi connectivity index (χ4n) is 4.34. The molecule has 0 heterocycles. The van der Waals surface area contributed by atoms with E-state index in [1.165, 1.54) is 17.5 Å². The van der Waals surface area contributed by atoms with Crippen LogP contribution < -0.4 is 5.32 Å². The van der Waals surface area contributed by atoms with E-state index in [1.807, 2.05) is 0 Å². The van der Waals surface area contributed by atoms with E-state index < -0.39 is 0 Å². The second kappa shape index (κ2) is 8.19. The van der Waals surface area contributed by atoms with Gasteiger partial charge in [-0.05, 0) is 67.8 Å². The summed E-state index contributed by atoms with van der Waals surface area (Å²) in [5, 5.41) is 13.3. The Bertz CT molecular complexity index is 639. The van der Waals surface area contributed by atoms with Gasteiger partial charge in [-0.2, -0.15) is 5.26 Å². The van der Waals surface area contributed by atoms with Crippen LogP contribution in [0.3, 0.4) is 0 Å². The van der Waals surface area contributed by atoms with Crippen molar-refractivity contribution in [1.82, 2.24) is 4.90 Å². The number of thiocarbonyl (C=S) groups is 1. The zero-order chi connectivity index (χ0) is 18.6. The molecule has 136 valence electrons. The van der Waals surface area contributed by atoms with Crippen molar-refractivity contribution >= 4 is 23.0 Å². The molecule has 1 aliphatic rings. The molecule has 0 bridgehead atoms. The quantitative estimate of drug-likeness (QED) is 0.729. The number of aryl methyl sites for hydroxylation is 2. The predicted molar refractivity (Wildman–Crippen MR) is 110 cm³/mol. The van der Waals surface area contributed by atoms with Crippen LogP contribution in [0.1, 0.15) is 57.6 Å². The molecule has 0 saturated heterocycles. The minimum absolute atomic E-state index is 0.321. The second-order valence-electron chi connectivity index (χ2n) is 8.37. The monoisotopic (exact) mass is 357 g/mol. The van der Waals surface area contributed by atoms with Crippen molar-refractivity contribution < 1.29 is 0 Å². The highest BCUT2D eigenvalue weighted by Crippen LogP contribution is 2.40. The second-order valence-corrected chi connectivity index (χ2v) is 8.75. The minimum atomic E-state index is 0.321. The molecule has 0 aromatic heterocycles. The molecule has 1 fully saturated rings. The van der Waals surface area contributed by atoms with E-state index in [4.69, 9.17) is 17.5 Å². The first-order valence-electron chi connectivity index (χ1n) is 9.24. The van der Waals surface area contributed by atoms with Gasteiger partial charge >= 0.3 is 0 Å². The average molecular weight is 358 g/mol. The van der Waals surface area contributed by atoms with Gasteiger partial charge in [-0.1, -0.05) is 39.0 Å². The van der Waals surface area contributed by atoms with Gasteiger partial charge in [-0.3, -0.25) is 0 Å². The molecule has 1 aliphatic carbocycles. The average Bonchev–Trinajstić information content (AvgIpc) is 2.49. The normalized spacial score (nSPS) is 22.1. The molecular formula is C21H31N3S. The summed E-state index contributed by atoms with van der Waals surface area (Å²) in [6.07, 6.45) is 4.02. The van der Waals surface area contributed by atoms with Crippen molar-refractivity contribution in [2.24, 2.45) is 11.3 Å². The molecule has 0 unspecified atom stereocenters. The van der Waals surface area contributed by atoms with Crippen LogP contribution in [0.4, 0.5) is 5.69 Å². The zero-order valence-electron chi connectivity index (χ0n) is 16.2. The van der Waals surface area contributed by atoms with Gasteiger partial charge in [-0.15, -0.1) is 0 Å². The Labute approximate surface area is 158 Å². The number of nitrogens with zero attached hydrogens (tertiary/aromatic N) is 2. The van der Waals surface area contributed by atoms with Crippen LogP contribution in [-0.4, -0.2) is 22.6 Å². The Morgan fingerprint density at radius 3 is 2.52 bits per heavy atom. The molecule has 0 aliphatic heterocycles. The number of anilines is 1. The molecule has 4 heteroatoms. The summed E-state index contributed by atoms with van der Waals surface area (Å²) < 4.78 is 0. The Balaban J connectivity index is 2.21. The van der Waals surface area contributed by atoms with Crippen molar-refractivity contribution in [3.05, 3.63) is 29.3 Å². The van der Waals surface area contributed by atoms with Gasteiger partial charge < -0.3 is 10.2 Å². The molecule has 0 radical (unpaired) electrons. The lowest BCUT2D eigenvalue weighted by Gasteiger charge is -2.44. The molecule has 3 nitrogen and oxygen atoms in total. The first kappa shape index (κ1) is 19.7. The third-order valence-electron chi connectivity index (χ3n) is 5.24. The van der Waals surface area contributed by atoms with Crippen molar-refractivity contribution in [3.63, 3.8) is 0 Å². The van der Waals surface area contributed by atoms with E-state index in [-0.39, 0.29) is 0 Å². The first-order chi connectivity index (χ1) is 11.7. The fraction of sp³-hybridized carbons (Fsp3) is 0.619. The number of benzene rings is 1. The van der Waals surface area contributed by atoms with Crippen molar-refractivity contribution in [1.29, 1.82) is 5.26 Å². The molecule has 2 rings (SSSR count). The highest BCUT2D eigenvalue weighted by Gasteiger charge is 2.35. The lowest BCUT2D eigenvalue weighted by atomic mass is 9.70. The third kappa shape index (κ3) is 5.19. The topological polar surface area (TPSA) is 39.1 Å². The number of nitrogens with one attached hydrogen (secondary N) is 1. The van der Waals surface area contributed by atoms with Crippen LogP contribution in [0, 0.1) is 36.5 Å². The van der Waals surface area contributed by atoms with E-state index in [9.17, 15) is 0 Å². The van der Waals surface area contributed by atoms with E-state index in [0.717, 1.165) is 23.6 Å². The van der Waals surface area contributed by atoms with Gasteiger partial charge in [0.2, 0.25) is 0 Å². The largest absolute Gasteiger partial charge is 0.345 e. The van der Waals surface area contributed by atoms with Crippen LogP contribution >= 0.6 is 12.2 Å². The first-order valence-corrected chi connectivity index (χ1v) is 9.65. The molecule has 0 amide bonds. The van der Waals surface area contributed by atoms with Gasteiger partial charge in [-0.25, -0.2) is 0 Å². The standard InChI is InChI=1S/C21H31N3S/c1-15-12-18(14-21(4,5)13-15)24(11-7-10-22)20(25)23-19-16(2)8-6-9-17(19)3/h6,8-9,15,18H,7,11-14H2,1-5H3,(H,23,25)/t15-,18+/m1/s1. The summed E-state index contributed by atoms with van der Waals surface area (Å²) >= 11 is 5.79. The van der Waals surface area contributed by atoms with E-state index in [1.54, 1.807) is 0 Å². The highest BCUT2D eigenvalue weighted by atomic mass is 32.1. The summed E-state index contributed by atoms with van der Waals surface area (Å²) in [6.45, 7) is 11.9. The summed E-state index contributed by atoms with van der Waals surface area (Å²) in [7, 11) is 0. The van der Waals surface area contributed by atoms with Crippen LogP contribution in [-0.2, 0) is 0 Å². The molecule has 2 atom stereocenters. The maximum Gasteiger partial charge on any atom is 0.173 e. The van der Waals surface area contributed by atoms with Crippen LogP contribution in [0.25, 0.3) is 0 Å². The Morgan fingerprint density at radius 2 is 1.96 bits per heavy atom. The lowest BCUT2D eigenvalue weighted by Crippen LogP contribution is -2.48. The maximum absolute atomic E-state index is 9.09. The van der Waals surface area contributed by atoms with Crippen LogP contribution in [0.5, 0.6) is 0 Å². The van der Waals surface area contributed by atoms with Gasteiger partial charge in [0.05, 0.1) is 12.5 Å². The maximum atomic E-state index is 9.09. The van der Waals surface area contributed by atoms with Gasteiger partial charge in [0.1, 0.15) is 0 Å². The molecule has 0 spiro atoms. The number of hydrogen-bond acceptors (Lipinski definition) is 2. The van der Waals surface area contributed by atoms with Gasteiger partial charge in [0, 0.05) is 18.3 Å². The number of rotatable bonds is 4. The SMILES string of the molecule is Cc1cccc(C)c1NC(=S)N(CCC#N)[C@H]1C[C@@H](C)CC(C)(C)C1.